The molecule has 1 heterocycles. The average Bonchev–Trinajstić information content (AvgIpc) is 2.72. The van der Waals surface area contributed by atoms with Crippen molar-refractivity contribution in [1.82, 2.24) is 14.5 Å². The van der Waals surface area contributed by atoms with Gasteiger partial charge in [0.25, 0.3) is 15.9 Å². The Morgan fingerprint density at radius 1 is 1.72 bits per heavy atom. The van der Waals surface area contributed by atoms with Crippen molar-refractivity contribution in [3.05, 3.63) is 25.0 Å². The lowest BCUT2D eigenvalue weighted by molar-refractivity contribution is -0.129. The zero-order valence-corrected chi connectivity index (χ0v) is 11.0. The van der Waals surface area contributed by atoms with E-state index in [2.05, 4.69) is 11.7 Å². The van der Waals surface area contributed by atoms with E-state index in [9.17, 15) is 13.2 Å². The molecule has 1 aromatic heterocycles. The van der Waals surface area contributed by atoms with E-state index in [0.29, 0.717) is 0 Å². The highest BCUT2D eigenvalue weighted by molar-refractivity contribution is 7.90. The first kappa shape index (κ1) is 14.4. The summed E-state index contributed by atoms with van der Waals surface area (Å²) < 4.78 is 31.8. The summed E-state index contributed by atoms with van der Waals surface area (Å²) in [6.45, 7) is 5.06. The molecular weight excluding hydrogens is 258 g/mol. The molecule has 0 bridgehead atoms. The number of rotatable bonds is 6. The van der Waals surface area contributed by atoms with Gasteiger partial charge in [0.05, 0.1) is 12.8 Å². The molecule has 18 heavy (non-hydrogen) atoms. The number of sulfonamides is 1. The van der Waals surface area contributed by atoms with Gasteiger partial charge in [0.2, 0.25) is 0 Å². The van der Waals surface area contributed by atoms with Gasteiger partial charge in [0.15, 0.2) is 0 Å². The van der Waals surface area contributed by atoms with Crippen LogP contribution in [0.5, 0.6) is 0 Å². The molecule has 1 aromatic rings. The molecule has 100 valence electrons. The van der Waals surface area contributed by atoms with Gasteiger partial charge in [0.1, 0.15) is 11.0 Å². The van der Waals surface area contributed by atoms with Gasteiger partial charge >= 0.3 is 0 Å². The summed E-state index contributed by atoms with van der Waals surface area (Å²) >= 11 is 0. The summed E-state index contributed by atoms with van der Waals surface area (Å²) in [5.74, 6) is -0.735. The van der Waals surface area contributed by atoms with Crippen molar-refractivity contribution >= 4 is 15.9 Å². The number of hydrogen-bond donors (Lipinski definition) is 1. The van der Waals surface area contributed by atoms with Crippen molar-refractivity contribution in [3.8, 4) is 0 Å². The lowest BCUT2D eigenvalue weighted by atomic mass is 10.4. The smallest absolute Gasteiger partial charge is 0.267 e. The highest BCUT2D eigenvalue weighted by Crippen LogP contribution is 2.06. The Hall–Kier alpha value is -1.67. The molecule has 0 aliphatic rings. The van der Waals surface area contributed by atoms with Gasteiger partial charge in [-0.15, -0.1) is 6.58 Å². The Labute approximate surface area is 105 Å². The molecule has 0 aliphatic carbocycles. The van der Waals surface area contributed by atoms with Crippen molar-refractivity contribution < 1.29 is 17.9 Å². The third-order valence-electron chi connectivity index (χ3n) is 2.06. The Kier molecular flexibility index (Phi) is 4.62. The molecule has 0 aliphatic heterocycles. The monoisotopic (exact) mass is 273 g/mol. The normalized spacial score (nSPS) is 13.0. The zero-order valence-electron chi connectivity index (χ0n) is 10.2. The van der Waals surface area contributed by atoms with E-state index >= 15 is 0 Å². The fourth-order valence-electron chi connectivity index (χ4n) is 1.10. The van der Waals surface area contributed by atoms with Crippen molar-refractivity contribution in [2.24, 2.45) is 7.05 Å². The molecule has 1 N–H and O–H groups in total. The minimum atomic E-state index is -3.90. The van der Waals surface area contributed by atoms with E-state index in [1.165, 1.54) is 23.9 Å². The minimum absolute atomic E-state index is 0.0747. The fourth-order valence-corrected chi connectivity index (χ4v) is 2.13. The van der Waals surface area contributed by atoms with Gasteiger partial charge in [-0.3, -0.25) is 9.48 Å². The maximum Gasteiger partial charge on any atom is 0.267 e. The van der Waals surface area contributed by atoms with Crippen LogP contribution in [-0.2, 0) is 26.6 Å². The van der Waals surface area contributed by atoms with Gasteiger partial charge in [-0.1, -0.05) is 6.08 Å². The number of aromatic nitrogens is 2. The second-order valence-corrected chi connectivity index (χ2v) is 5.27. The maximum atomic E-state index is 11.8. The second-order valence-electron chi connectivity index (χ2n) is 3.58. The van der Waals surface area contributed by atoms with Gasteiger partial charge < -0.3 is 4.74 Å². The summed E-state index contributed by atoms with van der Waals surface area (Å²) in [4.78, 5) is 11.5. The quantitative estimate of drug-likeness (QED) is 0.726. The van der Waals surface area contributed by atoms with Crippen molar-refractivity contribution in [2.45, 2.75) is 17.9 Å². The lowest BCUT2D eigenvalue weighted by Gasteiger charge is -2.11. The number of amides is 1. The molecule has 7 nitrogen and oxygen atoms in total. The third-order valence-corrected chi connectivity index (χ3v) is 3.36. The number of hydrogen-bond acceptors (Lipinski definition) is 5. The van der Waals surface area contributed by atoms with Gasteiger partial charge in [0, 0.05) is 13.2 Å². The first-order valence-corrected chi connectivity index (χ1v) is 6.63. The van der Waals surface area contributed by atoms with E-state index in [0.717, 1.165) is 6.20 Å². The molecule has 0 fully saturated rings. The average molecular weight is 273 g/mol. The first-order chi connectivity index (χ1) is 8.36. The molecule has 1 amide bonds. The molecule has 0 aromatic carbocycles. The van der Waals surface area contributed by atoms with Crippen LogP contribution in [0.4, 0.5) is 0 Å². The fraction of sp³-hybridized carbons (Fsp3) is 0.400. The Morgan fingerprint density at radius 2 is 2.39 bits per heavy atom. The van der Waals surface area contributed by atoms with Gasteiger partial charge in [-0.25, -0.2) is 13.1 Å². The molecule has 0 saturated heterocycles. The molecule has 8 heteroatoms. The number of carbonyl (C=O) groups is 1. The largest absolute Gasteiger partial charge is 0.365 e. The SMILES string of the molecule is C=CCO[C@H](C)C(=O)NS(=O)(=O)c1cnn(C)c1. The van der Waals surface area contributed by atoms with Crippen LogP contribution in [0.15, 0.2) is 29.9 Å². The standard InChI is InChI=1S/C10H15N3O4S/c1-4-5-17-8(2)10(14)12-18(15,16)9-6-11-13(3)7-9/h4,6-8H,1,5H2,2-3H3,(H,12,14)/t8-/m1/s1. The van der Waals surface area contributed by atoms with Crippen LogP contribution in [0.25, 0.3) is 0 Å². The van der Waals surface area contributed by atoms with Crippen LogP contribution in [0, 0.1) is 0 Å². The Bertz CT molecular complexity index is 535. The van der Waals surface area contributed by atoms with E-state index < -0.39 is 22.0 Å². The van der Waals surface area contributed by atoms with Crippen LogP contribution < -0.4 is 4.72 Å². The molecule has 1 rings (SSSR count). The third kappa shape index (κ3) is 3.67. The minimum Gasteiger partial charge on any atom is -0.365 e. The van der Waals surface area contributed by atoms with E-state index in [-0.39, 0.29) is 11.5 Å². The predicted octanol–water partition coefficient (Wildman–Crippen LogP) is -0.184. The topological polar surface area (TPSA) is 90.3 Å². The van der Waals surface area contributed by atoms with Crippen LogP contribution in [-0.4, -0.2) is 36.8 Å². The highest BCUT2D eigenvalue weighted by atomic mass is 32.2. The lowest BCUT2D eigenvalue weighted by Crippen LogP contribution is -2.38. The van der Waals surface area contributed by atoms with E-state index in [1.807, 2.05) is 4.72 Å². The summed E-state index contributed by atoms with van der Waals surface area (Å²) in [5.41, 5.74) is 0. The Morgan fingerprint density at radius 3 is 2.89 bits per heavy atom. The summed E-state index contributed by atoms with van der Waals surface area (Å²) in [6.07, 6.45) is 3.05. The maximum absolute atomic E-state index is 11.8. The van der Waals surface area contributed by atoms with E-state index in [1.54, 1.807) is 7.05 Å². The highest BCUT2D eigenvalue weighted by Gasteiger charge is 2.22. The first-order valence-electron chi connectivity index (χ1n) is 5.14. The molecule has 0 saturated carbocycles. The molecule has 0 unspecified atom stereocenters. The van der Waals surface area contributed by atoms with Crippen LogP contribution in [0.2, 0.25) is 0 Å². The van der Waals surface area contributed by atoms with Crippen molar-refractivity contribution in [2.75, 3.05) is 6.61 Å². The predicted molar refractivity (Wildman–Crippen MR) is 64.1 cm³/mol. The molecule has 0 spiro atoms. The van der Waals surface area contributed by atoms with Gasteiger partial charge in [-0.2, -0.15) is 5.10 Å². The number of nitrogens with one attached hydrogen (secondary N) is 1. The second kappa shape index (κ2) is 5.78. The van der Waals surface area contributed by atoms with Crippen LogP contribution in [0.3, 0.4) is 0 Å². The molecule has 0 radical (unpaired) electrons. The van der Waals surface area contributed by atoms with Crippen molar-refractivity contribution in [1.29, 1.82) is 0 Å². The van der Waals surface area contributed by atoms with Crippen LogP contribution in [0.1, 0.15) is 6.92 Å². The summed E-state index contributed by atoms with van der Waals surface area (Å²) in [5, 5.41) is 3.73. The Balaban J connectivity index is 2.72. The number of nitrogens with zero attached hydrogens (tertiary/aromatic N) is 2. The number of carbonyl (C=O) groups excluding carboxylic acids is 1. The van der Waals surface area contributed by atoms with Crippen LogP contribution >= 0.6 is 0 Å². The molecule has 1 atom stereocenters. The van der Waals surface area contributed by atoms with Crippen molar-refractivity contribution in [3.63, 3.8) is 0 Å². The van der Waals surface area contributed by atoms with Gasteiger partial charge in [-0.05, 0) is 6.92 Å². The summed E-state index contributed by atoms with van der Waals surface area (Å²) in [6, 6.07) is 0. The summed E-state index contributed by atoms with van der Waals surface area (Å²) in [7, 11) is -2.32. The molecular formula is C10H15N3O4S. The zero-order chi connectivity index (χ0) is 13.8. The number of ether oxygens (including phenoxy) is 1. The van der Waals surface area contributed by atoms with E-state index in [4.69, 9.17) is 4.74 Å². The number of aryl methyl sites for hydroxylation is 1.